The van der Waals surface area contributed by atoms with Crippen LogP contribution in [0.25, 0.3) is 0 Å². The van der Waals surface area contributed by atoms with Crippen LogP contribution in [-0.4, -0.2) is 10.6 Å². The van der Waals surface area contributed by atoms with Crippen molar-refractivity contribution in [1.29, 1.82) is 0 Å². The molecule has 0 bridgehead atoms. The lowest BCUT2D eigenvalue weighted by Gasteiger charge is -2.44. The maximum atomic E-state index is 12.3. The first-order chi connectivity index (χ1) is 7.50. The van der Waals surface area contributed by atoms with Crippen LogP contribution in [0, 0.1) is 16.2 Å². The molecule has 0 aliphatic carbocycles. The van der Waals surface area contributed by atoms with Crippen molar-refractivity contribution in [2.75, 3.05) is 4.61 Å². The Hall–Kier alpha value is 0.200. The summed E-state index contributed by atoms with van der Waals surface area (Å²) in [6.07, 6.45) is 1.92. The topological polar surface area (TPSA) is 26.3 Å². The van der Waals surface area contributed by atoms with E-state index in [1.54, 1.807) is 0 Å². The first kappa shape index (κ1) is 17.2. The van der Waals surface area contributed by atoms with E-state index in [1.165, 1.54) is 0 Å². The van der Waals surface area contributed by atoms with E-state index in [1.807, 2.05) is 6.92 Å². The molecular weight excluding hydrogens is 327 g/mol. The Morgan fingerprint density at radius 2 is 1.59 bits per heavy atom. The zero-order chi connectivity index (χ0) is 13.9. The Morgan fingerprint density at radius 3 is 1.88 bits per heavy atom. The third kappa shape index (κ3) is 4.42. The van der Waals surface area contributed by atoms with Gasteiger partial charge in [-0.05, 0) is 46.8 Å². The normalized spacial score (nSPS) is 16.5. The molecule has 0 rings (SSSR count). The van der Waals surface area contributed by atoms with Crippen LogP contribution in [0.4, 0.5) is 0 Å². The summed E-state index contributed by atoms with van der Waals surface area (Å²) >= 11 is 2.07. The highest BCUT2D eigenvalue weighted by Crippen LogP contribution is 2.48. The van der Waals surface area contributed by atoms with Gasteiger partial charge in [0.2, 0.25) is 0 Å². The van der Waals surface area contributed by atoms with E-state index in [4.69, 9.17) is 4.74 Å². The van der Waals surface area contributed by atoms with Gasteiger partial charge in [0.15, 0.2) is 0 Å². The van der Waals surface area contributed by atoms with E-state index < -0.39 is 5.41 Å². The Balaban J connectivity index is 5.20. The second-order valence-electron chi connectivity index (χ2n) is 6.82. The predicted molar refractivity (Wildman–Crippen MR) is 81.2 cm³/mol. The molecule has 17 heavy (non-hydrogen) atoms. The highest BCUT2D eigenvalue weighted by atomic mass is 127. The Bertz CT molecular complexity index is 266. The van der Waals surface area contributed by atoms with Crippen molar-refractivity contribution in [2.24, 2.45) is 16.2 Å². The molecule has 1 unspecified atom stereocenters. The van der Waals surface area contributed by atoms with E-state index in [0.29, 0.717) is 4.61 Å². The van der Waals surface area contributed by atoms with E-state index in [-0.39, 0.29) is 16.8 Å². The molecule has 2 nitrogen and oxygen atoms in total. The molecule has 0 fully saturated rings. The molecule has 0 aromatic carbocycles. The van der Waals surface area contributed by atoms with E-state index in [9.17, 15) is 4.79 Å². The molecule has 0 N–H and O–H groups in total. The average Bonchev–Trinajstić information content (AvgIpc) is 2.15. The minimum atomic E-state index is -0.433. The minimum Gasteiger partial charge on any atom is -0.455 e. The molecule has 0 amide bonds. The Morgan fingerprint density at radius 1 is 1.12 bits per heavy atom. The lowest BCUT2D eigenvalue weighted by atomic mass is 9.60. The molecule has 0 aliphatic rings. The van der Waals surface area contributed by atoms with Gasteiger partial charge in [-0.2, -0.15) is 0 Å². The molecule has 102 valence electrons. The van der Waals surface area contributed by atoms with Crippen molar-refractivity contribution >= 4 is 28.6 Å². The number of ether oxygens (including phenoxy) is 1. The summed E-state index contributed by atoms with van der Waals surface area (Å²) < 4.78 is 5.70. The van der Waals surface area contributed by atoms with Crippen molar-refractivity contribution in [3.05, 3.63) is 0 Å². The van der Waals surface area contributed by atoms with E-state index in [2.05, 4.69) is 64.1 Å². The highest BCUT2D eigenvalue weighted by Gasteiger charge is 2.48. The maximum absolute atomic E-state index is 12.3. The Labute approximate surface area is 120 Å². The quantitative estimate of drug-likeness (QED) is 0.403. The third-order valence-electron chi connectivity index (χ3n) is 4.08. The van der Waals surface area contributed by atoms with Gasteiger partial charge in [0.25, 0.3) is 0 Å². The van der Waals surface area contributed by atoms with Crippen molar-refractivity contribution in [3.63, 3.8) is 0 Å². The van der Waals surface area contributed by atoms with Gasteiger partial charge >= 0.3 is 5.97 Å². The SMILES string of the molecule is CCC(C)(C)CC(C)(C(=O)OCI)C(C)(C)C. The number of carbonyl (C=O) groups is 1. The number of carbonyl (C=O) groups excluding carboxylic acids is 1. The summed E-state index contributed by atoms with van der Waals surface area (Å²) in [4.78, 5) is 12.3. The number of hydrogen-bond acceptors (Lipinski definition) is 2. The van der Waals surface area contributed by atoms with Crippen molar-refractivity contribution < 1.29 is 9.53 Å². The van der Waals surface area contributed by atoms with Crippen LogP contribution in [0.3, 0.4) is 0 Å². The fourth-order valence-electron chi connectivity index (χ4n) is 1.93. The molecule has 0 heterocycles. The summed E-state index contributed by atoms with van der Waals surface area (Å²) in [6, 6.07) is 0. The lowest BCUT2D eigenvalue weighted by Crippen LogP contribution is -2.44. The molecule has 0 aliphatic heterocycles. The number of halogens is 1. The Kier molecular flexibility index (Phi) is 5.96. The summed E-state index contributed by atoms with van der Waals surface area (Å²) in [7, 11) is 0. The van der Waals surface area contributed by atoms with Crippen LogP contribution in [0.1, 0.15) is 61.3 Å². The molecule has 0 saturated carbocycles. The van der Waals surface area contributed by atoms with Crippen LogP contribution < -0.4 is 0 Å². The fourth-order valence-corrected chi connectivity index (χ4v) is 2.22. The fraction of sp³-hybridized carbons (Fsp3) is 0.929. The van der Waals surface area contributed by atoms with Crippen LogP contribution in [0.2, 0.25) is 0 Å². The molecule has 0 radical (unpaired) electrons. The summed E-state index contributed by atoms with van der Waals surface area (Å²) in [5.74, 6) is -0.0686. The van der Waals surface area contributed by atoms with Gasteiger partial charge in [-0.25, -0.2) is 0 Å². The lowest BCUT2D eigenvalue weighted by molar-refractivity contribution is -0.162. The molecule has 3 heteroatoms. The van der Waals surface area contributed by atoms with Crippen LogP contribution in [-0.2, 0) is 9.53 Å². The first-order valence-electron chi connectivity index (χ1n) is 6.23. The molecule has 0 spiro atoms. The standard InChI is InChI=1S/C14H27IO2/c1-8-13(5,6)9-14(7,12(2,3)4)11(16)17-10-15/h8-10H2,1-7H3. The van der Waals surface area contributed by atoms with Crippen LogP contribution in [0.15, 0.2) is 0 Å². The van der Waals surface area contributed by atoms with Crippen molar-refractivity contribution in [2.45, 2.75) is 61.3 Å². The van der Waals surface area contributed by atoms with Crippen molar-refractivity contribution in [1.82, 2.24) is 0 Å². The summed E-state index contributed by atoms with van der Waals surface area (Å²) in [6.45, 7) is 15.0. The maximum Gasteiger partial charge on any atom is 0.313 e. The largest absolute Gasteiger partial charge is 0.455 e. The van der Waals surface area contributed by atoms with E-state index in [0.717, 1.165) is 12.8 Å². The third-order valence-corrected chi connectivity index (χ3v) is 4.39. The first-order valence-corrected chi connectivity index (χ1v) is 7.76. The zero-order valence-electron chi connectivity index (χ0n) is 12.3. The minimum absolute atomic E-state index is 0.0686. The predicted octanol–water partition coefficient (Wildman–Crippen LogP) is 4.80. The second kappa shape index (κ2) is 5.89. The second-order valence-corrected chi connectivity index (χ2v) is 7.44. The van der Waals surface area contributed by atoms with Gasteiger partial charge in [-0.3, -0.25) is 4.79 Å². The molecule has 0 aromatic rings. The highest BCUT2D eigenvalue weighted by molar-refractivity contribution is 14.1. The molecule has 0 aromatic heterocycles. The summed E-state index contributed by atoms with van der Waals surface area (Å²) in [5.41, 5.74) is -0.369. The number of hydrogen-bond donors (Lipinski definition) is 0. The van der Waals surface area contributed by atoms with Crippen LogP contribution >= 0.6 is 22.6 Å². The zero-order valence-corrected chi connectivity index (χ0v) is 14.5. The number of alkyl halides is 1. The van der Waals surface area contributed by atoms with Gasteiger partial charge in [0.1, 0.15) is 4.61 Å². The van der Waals surface area contributed by atoms with E-state index >= 15 is 0 Å². The smallest absolute Gasteiger partial charge is 0.313 e. The van der Waals surface area contributed by atoms with Crippen molar-refractivity contribution in [3.8, 4) is 0 Å². The van der Waals surface area contributed by atoms with Gasteiger partial charge in [-0.1, -0.05) is 48.0 Å². The summed E-state index contributed by atoms with van der Waals surface area (Å²) in [5, 5.41) is 0. The molecular formula is C14H27IO2. The van der Waals surface area contributed by atoms with Gasteiger partial charge in [0.05, 0.1) is 5.41 Å². The molecule has 1 atom stereocenters. The average molecular weight is 354 g/mol. The number of rotatable bonds is 5. The number of esters is 1. The van der Waals surface area contributed by atoms with Gasteiger partial charge < -0.3 is 4.74 Å². The monoisotopic (exact) mass is 354 g/mol. The van der Waals surface area contributed by atoms with Gasteiger partial charge in [-0.15, -0.1) is 0 Å². The van der Waals surface area contributed by atoms with Gasteiger partial charge in [0, 0.05) is 0 Å². The van der Waals surface area contributed by atoms with Crippen LogP contribution in [0.5, 0.6) is 0 Å². The molecule has 0 saturated heterocycles.